The summed E-state index contributed by atoms with van der Waals surface area (Å²) in [5, 5.41) is 8.48. The molecule has 1 N–H and O–H groups in total. The predicted molar refractivity (Wildman–Crippen MR) is 82.8 cm³/mol. The van der Waals surface area contributed by atoms with Crippen molar-refractivity contribution in [2.24, 2.45) is 0 Å². The molecule has 0 aliphatic rings. The van der Waals surface area contributed by atoms with Gasteiger partial charge in [0.2, 0.25) is 0 Å². The summed E-state index contributed by atoms with van der Waals surface area (Å²) < 4.78 is 23.5. The molecule has 0 radical (unpaired) electrons. The normalized spacial score (nSPS) is 11.7. The van der Waals surface area contributed by atoms with E-state index < -0.39 is 15.8 Å². The lowest BCUT2D eigenvalue weighted by atomic mass is 10.1. The van der Waals surface area contributed by atoms with E-state index in [1.165, 1.54) is 19.3 Å². The van der Waals surface area contributed by atoms with Crippen molar-refractivity contribution in [2.75, 3.05) is 11.5 Å². The van der Waals surface area contributed by atoms with Crippen LogP contribution in [-0.2, 0) is 14.6 Å². The van der Waals surface area contributed by atoms with Gasteiger partial charge in [0.05, 0.1) is 11.5 Å². The summed E-state index contributed by atoms with van der Waals surface area (Å²) in [6, 6.07) is 0. The van der Waals surface area contributed by atoms with E-state index in [1.54, 1.807) is 0 Å². The molecule has 0 rings (SSSR count). The quantitative estimate of drug-likeness (QED) is 0.495. The van der Waals surface area contributed by atoms with Gasteiger partial charge >= 0.3 is 5.97 Å². The van der Waals surface area contributed by atoms with E-state index in [0.717, 1.165) is 32.1 Å². The molecule has 0 bridgehead atoms. The number of carboxylic acid groups (broad SMARTS) is 1. The lowest BCUT2D eigenvalue weighted by molar-refractivity contribution is -0.137. The first kappa shape index (κ1) is 19.4. The number of aliphatic carboxylic acids is 1. The van der Waals surface area contributed by atoms with Crippen molar-refractivity contribution in [3.05, 3.63) is 0 Å². The van der Waals surface area contributed by atoms with Gasteiger partial charge in [-0.2, -0.15) is 0 Å². The molecular weight excluding hydrogens is 276 g/mol. The predicted octanol–water partition coefficient (Wildman–Crippen LogP) is 3.80. The van der Waals surface area contributed by atoms with Crippen LogP contribution in [0.15, 0.2) is 0 Å². The van der Waals surface area contributed by atoms with Crippen LogP contribution >= 0.6 is 0 Å². The van der Waals surface area contributed by atoms with Crippen molar-refractivity contribution in [1.82, 2.24) is 0 Å². The molecule has 0 aromatic rings. The Morgan fingerprint density at radius 2 is 1.25 bits per heavy atom. The van der Waals surface area contributed by atoms with E-state index in [0.29, 0.717) is 18.6 Å². The molecule has 0 amide bonds. The Labute approximate surface area is 123 Å². The zero-order valence-corrected chi connectivity index (χ0v) is 13.6. The first-order valence-electron chi connectivity index (χ1n) is 7.90. The van der Waals surface area contributed by atoms with Crippen LogP contribution in [0.25, 0.3) is 0 Å². The van der Waals surface area contributed by atoms with Crippen molar-refractivity contribution in [1.29, 1.82) is 0 Å². The van der Waals surface area contributed by atoms with E-state index in [9.17, 15) is 13.2 Å². The van der Waals surface area contributed by atoms with E-state index in [4.69, 9.17) is 5.11 Å². The molecule has 0 heterocycles. The highest BCUT2D eigenvalue weighted by Gasteiger charge is 2.09. The maximum atomic E-state index is 11.8. The Balaban J connectivity index is 3.47. The second-order valence-corrected chi connectivity index (χ2v) is 7.78. The minimum Gasteiger partial charge on any atom is -0.481 e. The number of carboxylic acids is 1. The molecule has 4 nitrogen and oxygen atoms in total. The molecule has 0 aliphatic carbocycles. The van der Waals surface area contributed by atoms with E-state index in [-0.39, 0.29) is 12.2 Å². The maximum Gasteiger partial charge on any atom is 0.303 e. The molecule has 5 heteroatoms. The number of hydrogen-bond acceptors (Lipinski definition) is 3. The summed E-state index contributed by atoms with van der Waals surface area (Å²) in [5.74, 6) is -0.204. The summed E-state index contributed by atoms with van der Waals surface area (Å²) in [5.41, 5.74) is 0. The van der Waals surface area contributed by atoms with Crippen LogP contribution in [0.2, 0.25) is 0 Å². The minimum absolute atomic E-state index is 0.185. The van der Waals surface area contributed by atoms with Crippen molar-refractivity contribution < 1.29 is 18.3 Å². The van der Waals surface area contributed by atoms with Crippen LogP contribution in [-0.4, -0.2) is 31.0 Å². The molecule has 0 saturated carbocycles. The summed E-state index contributed by atoms with van der Waals surface area (Å²) in [7, 11) is -2.89. The van der Waals surface area contributed by atoms with Crippen LogP contribution in [0.3, 0.4) is 0 Å². The lowest BCUT2D eigenvalue weighted by Gasteiger charge is -2.04. The van der Waals surface area contributed by atoms with Crippen LogP contribution < -0.4 is 0 Å². The molecule has 120 valence electrons. The first-order chi connectivity index (χ1) is 9.48. The summed E-state index contributed by atoms with van der Waals surface area (Å²) in [6.45, 7) is 2.17. The fourth-order valence-electron chi connectivity index (χ4n) is 2.16. The van der Waals surface area contributed by atoms with Crippen LogP contribution in [0.4, 0.5) is 0 Å². The third-order valence-corrected chi connectivity index (χ3v) is 5.23. The van der Waals surface area contributed by atoms with Crippen LogP contribution in [0.1, 0.15) is 77.6 Å². The van der Waals surface area contributed by atoms with Gasteiger partial charge in [-0.1, -0.05) is 51.9 Å². The Morgan fingerprint density at radius 3 is 1.75 bits per heavy atom. The number of carbonyl (C=O) groups is 1. The second-order valence-electron chi connectivity index (χ2n) is 5.48. The number of rotatable bonds is 14. The molecule has 0 fully saturated rings. The molecule has 0 aliphatic heterocycles. The third-order valence-electron chi connectivity index (χ3n) is 3.40. The van der Waals surface area contributed by atoms with Gasteiger partial charge in [-0.15, -0.1) is 0 Å². The summed E-state index contributed by atoms with van der Waals surface area (Å²) >= 11 is 0. The average Bonchev–Trinajstić information content (AvgIpc) is 2.37. The van der Waals surface area contributed by atoms with Gasteiger partial charge in [-0.3, -0.25) is 4.79 Å². The molecule has 0 saturated heterocycles. The molecule has 0 aromatic heterocycles. The van der Waals surface area contributed by atoms with Crippen molar-refractivity contribution in [2.45, 2.75) is 77.6 Å². The summed E-state index contributed by atoms with van der Waals surface area (Å²) in [6.07, 6.45) is 9.70. The molecule has 0 atom stereocenters. The Kier molecular flexibility index (Phi) is 11.8. The van der Waals surface area contributed by atoms with Crippen LogP contribution in [0, 0.1) is 0 Å². The van der Waals surface area contributed by atoms with Crippen LogP contribution in [0.5, 0.6) is 0 Å². The van der Waals surface area contributed by atoms with Crippen molar-refractivity contribution in [3.8, 4) is 0 Å². The van der Waals surface area contributed by atoms with Crippen molar-refractivity contribution in [3.63, 3.8) is 0 Å². The van der Waals surface area contributed by atoms with E-state index in [1.807, 2.05) is 0 Å². The fourth-order valence-corrected chi connectivity index (χ4v) is 3.65. The van der Waals surface area contributed by atoms with Gasteiger partial charge in [0.1, 0.15) is 9.84 Å². The Hall–Kier alpha value is -0.580. The second kappa shape index (κ2) is 12.2. The van der Waals surface area contributed by atoms with E-state index in [2.05, 4.69) is 6.92 Å². The SMILES string of the molecule is CCCCCCCCS(=O)(=O)CCCCCCC(=O)O. The number of sulfone groups is 1. The van der Waals surface area contributed by atoms with Crippen molar-refractivity contribution >= 4 is 15.8 Å². The third kappa shape index (κ3) is 13.8. The molecular formula is C15H30O4S. The fraction of sp³-hybridized carbons (Fsp3) is 0.933. The van der Waals surface area contributed by atoms with Gasteiger partial charge in [0.25, 0.3) is 0 Å². The summed E-state index contributed by atoms with van der Waals surface area (Å²) in [4.78, 5) is 10.3. The van der Waals surface area contributed by atoms with Gasteiger partial charge < -0.3 is 5.11 Å². The molecule has 20 heavy (non-hydrogen) atoms. The Morgan fingerprint density at radius 1 is 0.800 bits per heavy atom. The smallest absolute Gasteiger partial charge is 0.303 e. The highest BCUT2D eigenvalue weighted by atomic mass is 32.2. The van der Waals surface area contributed by atoms with E-state index >= 15 is 0 Å². The zero-order chi connectivity index (χ0) is 15.3. The highest BCUT2D eigenvalue weighted by molar-refractivity contribution is 7.91. The average molecular weight is 306 g/mol. The largest absolute Gasteiger partial charge is 0.481 e. The molecule has 0 spiro atoms. The maximum absolute atomic E-state index is 11.8. The topological polar surface area (TPSA) is 71.4 Å². The Bertz CT molecular complexity index is 336. The van der Waals surface area contributed by atoms with Gasteiger partial charge in [-0.25, -0.2) is 8.42 Å². The van der Waals surface area contributed by atoms with Gasteiger partial charge in [-0.05, 0) is 19.3 Å². The monoisotopic (exact) mass is 306 g/mol. The number of unbranched alkanes of at least 4 members (excludes halogenated alkanes) is 8. The standard InChI is InChI=1S/C15H30O4S/c1-2-3-4-5-7-10-13-20(18,19)14-11-8-6-9-12-15(16)17/h2-14H2,1H3,(H,16,17). The highest BCUT2D eigenvalue weighted by Crippen LogP contribution is 2.09. The van der Waals surface area contributed by atoms with Gasteiger partial charge in [0.15, 0.2) is 0 Å². The lowest BCUT2D eigenvalue weighted by Crippen LogP contribution is -2.11. The van der Waals surface area contributed by atoms with Gasteiger partial charge in [0, 0.05) is 6.42 Å². The zero-order valence-electron chi connectivity index (χ0n) is 12.8. The number of hydrogen-bond donors (Lipinski definition) is 1. The molecule has 0 unspecified atom stereocenters. The first-order valence-corrected chi connectivity index (χ1v) is 9.72. The minimum atomic E-state index is -2.89. The molecule has 0 aromatic carbocycles.